The Morgan fingerprint density at radius 2 is 1.64 bits per heavy atom. The van der Waals surface area contributed by atoms with E-state index in [-0.39, 0.29) is 5.91 Å². The van der Waals surface area contributed by atoms with Gasteiger partial charge in [0.05, 0.1) is 12.8 Å². The van der Waals surface area contributed by atoms with Crippen LogP contribution in [0.1, 0.15) is 23.2 Å². The summed E-state index contributed by atoms with van der Waals surface area (Å²) < 4.78 is 5.52. The molecule has 2 heterocycles. The third-order valence-electron chi connectivity index (χ3n) is 5.96. The highest BCUT2D eigenvalue weighted by atomic mass is 16.5. The van der Waals surface area contributed by atoms with E-state index in [2.05, 4.69) is 21.9 Å². The van der Waals surface area contributed by atoms with Gasteiger partial charge in [-0.2, -0.15) is 0 Å². The topological polar surface area (TPSA) is 36.0 Å². The van der Waals surface area contributed by atoms with Gasteiger partial charge in [0.1, 0.15) is 5.75 Å². The van der Waals surface area contributed by atoms with Crippen molar-refractivity contribution in [2.75, 3.05) is 51.3 Å². The molecule has 1 amide bonds. The van der Waals surface area contributed by atoms with Gasteiger partial charge in [0.2, 0.25) is 0 Å². The van der Waals surface area contributed by atoms with E-state index < -0.39 is 0 Å². The average molecular weight is 380 g/mol. The average Bonchev–Trinajstić information content (AvgIpc) is 2.79. The molecule has 0 aromatic heterocycles. The van der Waals surface area contributed by atoms with E-state index in [9.17, 15) is 4.79 Å². The van der Waals surface area contributed by atoms with Gasteiger partial charge in [-0.25, -0.2) is 0 Å². The number of piperidine rings is 1. The Bertz CT molecular complexity index is 787. The number of likely N-dealkylation sites (tertiary alicyclic amines) is 1. The number of hydrogen-bond donors (Lipinski definition) is 0. The van der Waals surface area contributed by atoms with Gasteiger partial charge in [0.15, 0.2) is 0 Å². The van der Waals surface area contributed by atoms with Gasteiger partial charge in [-0.3, -0.25) is 9.69 Å². The molecule has 2 aliphatic rings. The Labute approximate surface area is 167 Å². The lowest BCUT2D eigenvalue weighted by molar-refractivity contribution is 0.0563. The SMILES string of the molecule is COc1ccccc1N1CCN([C@H]2CCCN(C(=O)c3ccccc3)C2)CC1. The Morgan fingerprint density at radius 3 is 2.39 bits per heavy atom. The first-order valence-corrected chi connectivity index (χ1v) is 10.2. The van der Waals surface area contributed by atoms with E-state index in [0.717, 1.165) is 57.0 Å². The molecule has 2 saturated heterocycles. The van der Waals surface area contributed by atoms with Gasteiger partial charge >= 0.3 is 0 Å². The number of anilines is 1. The van der Waals surface area contributed by atoms with Crippen LogP contribution in [0.4, 0.5) is 5.69 Å². The lowest BCUT2D eigenvalue weighted by Crippen LogP contribution is -2.55. The van der Waals surface area contributed by atoms with Gasteiger partial charge in [-0.05, 0) is 37.1 Å². The third kappa shape index (κ3) is 3.99. The van der Waals surface area contributed by atoms with Crippen molar-refractivity contribution in [3.8, 4) is 5.75 Å². The van der Waals surface area contributed by atoms with E-state index in [1.54, 1.807) is 7.11 Å². The lowest BCUT2D eigenvalue weighted by Gasteiger charge is -2.44. The number of piperazine rings is 1. The molecule has 2 fully saturated rings. The standard InChI is InChI=1S/C23H29N3O2/c1-28-22-12-6-5-11-21(22)25-16-14-24(15-17-25)20-10-7-13-26(18-20)23(27)19-8-3-2-4-9-19/h2-6,8-9,11-12,20H,7,10,13-18H2,1H3/t20-/m0/s1. The fourth-order valence-electron chi connectivity index (χ4n) is 4.42. The number of para-hydroxylation sites is 2. The summed E-state index contributed by atoms with van der Waals surface area (Å²) in [7, 11) is 1.73. The van der Waals surface area contributed by atoms with E-state index in [1.165, 1.54) is 12.1 Å². The predicted molar refractivity (Wildman–Crippen MR) is 112 cm³/mol. The van der Waals surface area contributed by atoms with E-state index in [4.69, 9.17) is 4.74 Å². The normalized spacial score (nSPS) is 20.8. The third-order valence-corrected chi connectivity index (χ3v) is 5.96. The number of benzene rings is 2. The molecule has 1 atom stereocenters. The second-order valence-corrected chi connectivity index (χ2v) is 7.61. The Balaban J connectivity index is 1.36. The quantitative estimate of drug-likeness (QED) is 0.818. The molecule has 0 radical (unpaired) electrons. The van der Waals surface area contributed by atoms with Crippen LogP contribution in [0.15, 0.2) is 54.6 Å². The molecule has 0 unspecified atom stereocenters. The molecule has 2 aliphatic heterocycles. The first-order chi connectivity index (χ1) is 13.8. The van der Waals surface area contributed by atoms with Crippen LogP contribution in [0.5, 0.6) is 5.75 Å². The Hall–Kier alpha value is -2.53. The van der Waals surface area contributed by atoms with Crippen molar-refractivity contribution in [1.29, 1.82) is 0 Å². The maximum Gasteiger partial charge on any atom is 0.253 e. The summed E-state index contributed by atoms with van der Waals surface area (Å²) in [5.74, 6) is 1.10. The van der Waals surface area contributed by atoms with Crippen molar-refractivity contribution < 1.29 is 9.53 Å². The van der Waals surface area contributed by atoms with Crippen molar-refractivity contribution in [3.05, 3.63) is 60.2 Å². The van der Waals surface area contributed by atoms with Crippen LogP contribution in [-0.2, 0) is 0 Å². The number of carbonyl (C=O) groups is 1. The van der Waals surface area contributed by atoms with Crippen molar-refractivity contribution in [1.82, 2.24) is 9.80 Å². The van der Waals surface area contributed by atoms with Crippen LogP contribution in [0, 0.1) is 0 Å². The maximum absolute atomic E-state index is 12.8. The Morgan fingerprint density at radius 1 is 0.929 bits per heavy atom. The van der Waals surface area contributed by atoms with Gasteiger partial charge in [0, 0.05) is 50.9 Å². The lowest BCUT2D eigenvalue weighted by atomic mass is 10.0. The van der Waals surface area contributed by atoms with Gasteiger partial charge in [-0.15, -0.1) is 0 Å². The van der Waals surface area contributed by atoms with Crippen LogP contribution in [0.2, 0.25) is 0 Å². The summed E-state index contributed by atoms with van der Waals surface area (Å²) in [6.45, 7) is 5.73. The van der Waals surface area contributed by atoms with E-state index in [0.29, 0.717) is 6.04 Å². The number of hydrogen-bond acceptors (Lipinski definition) is 4. The zero-order valence-corrected chi connectivity index (χ0v) is 16.6. The number of amides is 1. The zero-order valence-electron chi connectivity index (χ0n) is 16.6. The number of ether oxygens (including phenoxy) is 1. The van der Waals surface area contributed by atoms with Gasteiger partial charge in [0.25, 0.3) is 5.91 Å². The van der Waals surface area contributed by atoms with Crippen molar-refractivity contribution in [3.63, 3.8) is 0 Å². The summed E-state index contributed by atoms with van der Waals surface area (Å²) in [5.41, 5.74) is 1.97. The van der Waals surface area contributed by atoms with Crippen molar-refractivity contribution in [2.24, 2.45) is 0 Å². The monoisotopic (exact) mass is 379 g/mol. The Kier molecular flexibility index (Phi) is 5.81. The van der Waals surface area contributed by atoms with Crippen LogP contribution in [0.3, 0.4) is 0 Å². The minimum absolute atomic E-state index is 0.165. The molecule has 5 heteroatoms. The van der Waals surface area contributed by atoms with Gasteiger partial charge < -0.3 is 14.5 Å². The molecular formula is C23H29N3O2. The fourth-order valence-corrected chi connectivity index (χ4v) is 4.42. The molecule has 5 nitrogen and oxygen atoms in total. The van der Waals surface area contributed by atoms with Crippen molar-refractivity contribution in [2.45, 2.75) is 18.9 Å². The molecule has 2 aromatic carbocycles. The second-order valence-electron chi connectivity index (χ2n) is 7.61. The molecular weight excluding hydrogens is 350 g/mol. The number of methoxy groups -OCH3 is 1. The molecule has 4 rings (SSSR count). The first kappa shape index (κ1) is 18.8. The minimum Gasteiger partial charge on any atom is -0.495 e. The summed E-state index contributed by atoms with van der Waals surface area (Å²) in [6.07, 6.45) is 2.25. The summed E-state index contributed by atoms with van der Waals surface area (Å²) in [6, 6.07) is 18.4. The maximum atomic E-state index is 12.8. The molecule has 0 bridgehead atoms. The molecule has 28 heavy (non-hydrogen) atoms. The fraction of sp³-hybridized carbons (Fsp3) is 0.435. The molecule has 0 saturated carbocycles. The molecule has 148 valence electrons. The minimum atomic E-state index is 0.165. The van der Waals surface area contributed by atoms with E-state index in [1.807, 2.05) is 47.4 Å². The second kappa shape index (κ2) is 8.65. The zero-order chi connectivity index (χ0) is 19.3. The smallest absolute Gasteiger partial charge is 0.253 e. The first-order valence-electron chi connectivity index (χ1n) is 10.2. The highest BCUT2D eigenvalue weighted by Crippen LogP contribution is 2.29. The largest absolute Gasteiger partial charge is 0.495 e. The van der Waals surface area contributed by atoms with Crippen LogP contribution >= 0.6 is 0 Å². The van der Waals surface area contributed by atoms with Gasteiger partial charge in [-0.1, -0.05) is 30.3 Å². The summed E-state index contributed by atoms with van der Waals surface area (Å²) >= 11 is 0. The van der Waals surface area contributed by atoms with Crippen molar-refractivity contribution >= 4 is 11.6 Å². The molecule has 2 aromatic rings. The molecule has 0 N–H and O–H groups in total. The molecule has 0 aliphatic carbocycles. The summed E-state index contributed by atoms with van der Waals surface area (Å²) in [4.78, 5) is 19.8. The number of rotatable bonds is 4. The number of nitrogens with zero attached hydrogens (tertiary/aromatic N) is 3. The van der Waals surface area contributed by atoms with Crippen LogP contribution < -0.4 is 9.64 Å². The number of carbonyl (C=O) groups excluding carboxylic acids is 1. The van der Waals surface area contributed by atoms with E-state index >= 15 is 0 Å². The van der Waals surface area contributed by atoms with Crippen LogP contribution in [0.25, 0.3) is 0 Å². The molecule has 0 spiro atoms. The van der Waals surface area contributed by atoms with Crippen LogP contribution in [-0.4, -0.2) is 68.1 Å². The summed E-state index contributed by atoms with van der Waals surface area (Å²) in [5, 5.41) is 0. The highest BCUT2D eigenvalue weighted by molar-refractivity contribution is 5.94. The highest BCUT2D eigenvalue weighted by Gasteiger charge is 2.30. The predicted octanol–water partition coefficient (Wildman–Crippen LogP) is 3.12.